The van der Waals surface area contributed by atoms with Crippen molar-refractivity contribution in [2.24, 2.45) is 0 Å². The Labute approximate surface area is 124 Å². The Morgan fingerprint density at radius 2 is 2.05 bits per heavy atom. The van der Waals surface area contributed by atoms with Crippen molar-refractivity contribution in [3.63, 3.8) is 0 Å². The largest absolute Gasteiger partial charge is 0.468 e. The topological polar surface area (TPSA) is 58.6 Å². The first-order chi connectivity index (χ1) is 9.96. The molecule has 1 amide bonds. The van der Waals surface area contributed by atoms with Gasteiger partial charge < -0.3 is 10.1 Å². The lowest BCUT2D eigenvalue weighted by atomic mass is 10.1. The molecule has 0 aliphatic carbocycles. The summed E-state index contributed by atoms with van der Waals surface area (Å²) in [6, 6.07) is 4.71. The molecule has 0 aliphatic rings. The van der Waals surface area contributed by atoms with Crippen LogP contribution in [-0.2, 0) is 20.9 Å². The number of nitrogens with zero attached hydrogens (tertiary/aromatic N) is 1. The van der Waals surface area contributed by atoms with Crippen LogP contribution >= 0.6 is 0 Å². The Morgan fingerprint density at radius 1 is 1.33 bits per heavy atom. The fraction of sp³-hybridized carbons (Fsp3) is 0.467. The maximum absolute atomic E-state index is 13.1. The number of carbonyl (C=O) groups excluding carboxylic acids is 2. The second-order valence-electron chi connectivity index (χ2n) is 4.74. The zero-order valence-electron chi connectivity index (χ0n) is 12.6. The number of likely N-dealkylation sites (N-methyl/N-ethyl adjacent to an activating group) is 1. The van der Waals surface area contributed by atoms with Gasteiger partial charge in [0.15, 0.2) is 0 Å². The molecule has 0 fully saturated rings. The van der Waals surface area contributed by atoms with Crippen molar-refractivity contribution in [3.8, 4) is 0 Å². The minimum atomic E-state index is -0.376. The molecular formula is C15H21FN2O3. The molecule has 1 rings (SSSR count). The van der Waals surface area contributed by atoms with Gasteiger partial charge in [0.25, 0.3) is 0 Å². The van der Waals surface area contributed by atoms with Gasteiger partial charge in [-0.25, -0.2) is 4.39 Å². The van der Waals surface area contributed by atoms with E-state index in [-0.39, 0.29) is 30.8 Å². The molecule has 0 aromatic heterocycles. The van der Waals surface area contributed by atoms with Crippen LogP contribution in [0.3, 0.4) is 0 Å². The minimum absolute atomic E-state index is 0.0794. The van der Waals surface area contributed by atoms with Gasteiger partial charge in [-0.3, -0.25) is 14.5 Å². The highest BCUT2D eigenvalue weighted by atomic mass is 19.1. The highest BCUT2D eigenvalue weighted by Gasteiger charge is 2.13. The number of amides is 1. The fourth-order valence-electron chi connectivity index (χ4n) is 1.80. The van der Waals surface area contributed by atoms with E-state index in [0.29, 0.717) is 18.7 Å². The average Bonchev–Trinajstić information content (AvgIpc) is 2.47. The summed E-state index contributed by atoms with van der Waals surface area (Å²) < 4.78 is 17.7. The van der Waals surface area contributed by atoms with Crippen molar-refractivity contribution in [2.75, 3.05) is 26.7 Å². The van der Waals surface area contributed by atoms with Gasteiger partial charge in [-0.2, -0.15) is 0 Å². The van der Waals surface area contributed by atoms with E-state index in [0.717, 1.165) is 5.56 Å². The van der Waals surface area contributed by atoms with Crippen LogP contribution in [0.4, 0.5) is 4.39 Å². The standard InChI is InChI=1S/C15H21FN2O3/c1-4-18(10-15(20)21-3)9-14(19)17-8-12-5-6-13(16)11(2)7-12/h5-7H,4,8-10H2,1-3H3,(H,17,19). The molecule has 0 saturated carbocycles. The van der Waals surface area contributed by atoms with E-state index in [9.17, 15) is 14.0 Å². The summed E-state index contributed by atoms with van der Waals surface area (Å²) >= 11 is 0. The Hall–Kier alpha value is -1.95. The second-order valence-corrected chi connectivity index (χ2v) is 4.74. The van der Waals surface area contributed by atoms with Crippen molar-refractivity contribution >= 4 is 11.9 Å². The number of nitrogens with one attached hydrogen (secondary N) is 1. The molecule has 21 heavy (non-hydrogen) atoms. The summed E-state index contributed by atoms with van der Waals surface area (Å²) in [4.78, 5) is 24.7. The van der Waals surface area contributed by atoms with Gasteiger partial charge in [-0.15, -0.1) is 0 Å². The van der Waals surface area contributed by atoms with Crippen LogP contribution < -0.4 is 5.32 Å². The lowest BCUT2D eigenvalue weighted by Crippen LogP contribution is -2.39. The maximum atomic E-state index is 13.1. The third-order valence-electron chi connectivity index (χ3n) is 3.11. The van der Waals surface area contributed by atoms with Crippen molar-refractivity contribution in [1.82, 2.24) is 10.2 Å². The third-order valence-corrected chi connectivity index (χ3v) is 3.11. The Bertz CT molecular complexity index is 506. The number of rotatable bonds is 7. The van der Waals surface area contributed by atoms with E-state index < -0.39 is 0 Å². The number of ether oxygens (including phenoxy) is 1. The van der Waals surface area contributed by atoms with Crippen LogP contribution in [0.2, 0.25) is 0 Å². The van der Waals surface area contributed by atoms with Gasteiger partial charge in [-0.1, -0.05) is 19.1 Å². The number of aryl methyl sites for hydroxylation is 1. The lowest BCUT2D eigenvalue weighted by molar-refractivity contribution is -0.142. The quantitative estimate of drug-likeness (QED) is 0.769. The number of benzene rings is 1. The molecule has 0 unspecified atom stereocenters. The highest BCUT2D eigenvalue weighted by Crippen LogP contribution is 2.08. The van der Waals surface area contributed by atoms with Crippen molar-refractivity contribution in [1.29, 1.82) is 0 Å². The molecule has 116 valence electrons. The molecule has 0 spiro atoms. The van der Waals surface area contributed by atoms with Gasteiger partial charge in [0.1, 0.15) is 5.82 Å². The lowest BCUT2D eigenvalue weighted by Gasteiger charge is -2.18. The molecule has 0 atom stereocenters. The van der Waals surface area contributed by atoms with Crippen molar-refractivity contribution in [2.45, 2.75) is 20.4 Å². The fourth-order valence-corrected chi connectivity index (χ4v) is 1.80. The van der Waals surface area contributed by atoms with Gasteiger partial charge >= 0.3 is 5.97 Å². The van der Waals surface area contributed by atoms with Crippen molar-refractivity contribution < 1.29 is 18.7 Å². The third kappa shape index (κ3) is 5.91. The summed E-state index contributed by atoms with van der Waals surface area (Å²) in [5.41, 5.74) is 1.38. The number of halogens is 1. The molecule has 0 aliphatic heterocycles. The average molecular weight is 296 g/mol. The number of methoxy groups -OCH3 is 1. The SMILES string of the molecule is CCN(CC(=O)NCc1ccc(F)c(C)c1)CC(=O)OC. The van der Waals surface area contributed by atoms with E-state index in [4.69, 9.17) is 0 Å². The Balaban J connectivity index is 2.45. The summed E-state index contributed by atoms with van der Waals surface area (Å²) in [7, 11) is 1.31. The molecule has 0 heterocycles. The van der Waals surface area contributed by atoms with Crippen LogP contribution in [0.25, 0.3) is 0 Å². The first kappa shape index (κ1) is 17.1. The van der Waals surface area contributed by atoms with Gasteiger partial charge in [0.05, 0.1) is 20.2 Å². The van der Waals surface area contributed by atoms with Crippen LogP contribution in [0, 0.1) is 12.7 Å². The van der Waals surface area contributed by atoms with E-state index in [2.05, 4.69) is 10.1 Å². The normalized spacial score (nSPS) is 10.5. The number of hydrogen-bond acceptors (Lipinski definition) is 4. The Kier molecular flexibility index (Phi) is 6.81. The van der Waals surface area contributed by atoms with Crippen LogP contribution in [-0.4, -0.2) is 43.5 Å². The number of hydrogen-bond donors (Lipinski definition) is 1. The molecule has 5 nitrogen and oxygen atoms in total. The summed E-state index contributed by atoms with van der Waals surface area (Å²) in [6.07, 6.45) is 0. The zero-order chi connectivity index (χ0) is 15.8. The smallest absolute Gasteiger partial charge is 0.319 e. The first-order valence-electron chi connectivity index (χ1n) is 6.77. The number of carbonyl (C=O) groups is 2. The summed E-state index contributed by atoms with van der Waals surface area (Å²) in [6.45, 7) is 4.63. The second kappa shape index (κ2) is 8.36. The van der Waals surface area contributed by atoms with Gasteiger partial charge in [0.2, 0.25) is 5.91 Å². The van der Waals surface area contributed by atoms with Crippen LogP contribution in [0.15, 0.2) is 18.2 Å². The highest BCUT2D eigenvalue weighted by molar-refractivity contribution is 5.79. The molecule has 6 heteroatoms. The van der Waals surface area contributed by atoms with E-state index in [1.54, 1.807) is 24.0 Å². The molecule has 1 aromatic rings. The molecule has 0 saturated heterocycles. The molecule has 0 bridgehead atoms. The van der Waals surface area contributed by atoms with Gasteiger partial charge in [-0.05, 0) is 30.7 Å². The molecule has 1 aromatic carbocycles. The number of esters is 1. The Morgan fingerprint density at radius 3 is 2.62 bits per heavy atom. The molecule has 0 radical (unpaired) electrons. The predicted molar refractivity (Wildman–Crippen MR) is 77.1 cm³/mol. The van der Waals surface area contributed by atoms with E-state index in [1.807, 2.05) is 6.92 Å². The minimum Gasteiger partial charge on any atom is -0.468 e. The maximum Gasteiger partial charge on any atom is 0.319 e. The molecular weight excluding hydrogens is 275 g/mol. The van der Waals surface area contributed by atoms with Crippen LogP contribution in [0.5, 0.6) is 0 Å². The monoisotopic (exact) mass is 296 g/mol. The van der Waals surface area contributed by atoms with Gasteiger partial charge in [0, 0.05) is 6.54 Å². The predicted octanol–water partition coefficient (Wildman–Crippen LogP) is 1.25. The van der Waals surface area contributed by atoms with Crippen LogP contribution in [0.1, 0.15) is 18.1 Å². The van der Waals surface area contributed by atoms with E-state index in [1.165, 1.54) is 13.2 Å². The zero-order valence-corrected chi connectivity index (χ0v) is 12.6. The summed E-state index contributed by atoms with van der Waals surface area (Å²) in [5, 5.41) is 2.75. The molecule has 1 N–H and O–H groups in total. The van der Waals surface area contributed by atoms with E-state index >= 15 is 0 Å². The summed E-state index contributed by atoms with van der Waals surface area (Å²) in [5.74, 6) is -0.832. The first-order valence-corrected chi connectivity index (χ1v) is 6.77. The van der Waals surface area contributed by atoms with Crippen molar-refractivity contribution in [3.05, 3.63) is 35.1 Å².